The number of ether oxygens (including phenoxy) is 1. The van der Waals surface area contributed by atoms with Gasteiger partial charge in [-0.1, -0.05) is 18.6 Å². The Morgan fingerprint density at radius 2 is 2.22 bits per heavy atom. The molecule has 0 aliphatic heterocycles. The van der Waals surface area contributed by atoms with Crippen LogP contribution in [0.3, 0.4) is 0 Å². The Morgan fingerprint density at radius 3 is 2.87 bits per heavy atom. The number of amides is 1. The van der Waals surface area contributed by atoms with Gasteiger partial charge in [-0.25, -0.2) is 4.99 Å². The van der Waals surface area contributed by atoms with Crippen molar-refractivity contribution in [2.24, 2.45) is 16.6 Å². The van der Waals surface area contributed by atoms with E-state index in [1.165, 1.54) is 24.2 Å². The number of hydrogen-bond donors (Lipinski definition) is 2. The summed E-state index contributed by atoms with van der Waals surface area (Å²) in [6.45, 7) is 1.43. The number of carbonyl (C=O) groups is 1. The van der Waals surface area contributed by atoms with Crippen LogP contribution < -0.4 is 15.8 Å². The third kappa shape index (κ3) is 5.81. The van der Waals surface area contributed by atoms with Gasteiger partial charge >= 0.3 is 0 Å². The molecule has 1 saturated carbocycles. The molecule has 1 fully saturated rings. The van der Waals surface area contributed by atoms with Gasteiger partial charge in [0.2, 0.25) is 0 Å². The molecule has 1 aromatic rings. The van der Waals surface area contributed by atoms with Gasteiger partial charge in [0.05, 0.1) is 6.54 Å². The molecule has 1 aromatic carbocycles. The van der Waals surface area contributed by atoms with Crippen molar-refractivity contribution in [2.45, 2.75) is 25.8 Å². The van der Waals surface area contributed by atoms with Crippen LogP contribution in [0.15, 0.2) is 29.3 Å². The summed E-state index contributed by atoms with van der Waals surface area (Å²) in [6, 6.07) is 7.56. The van der Waals surface area contributed by atoms with Gasteiger partial charge < -0.3 is 20.7 Å². The molecule has 6 heteroatoms. The molecule has 0 saturated heterocycles. The molecule has 0 atom stereocenters. The summed E-state index contributed by atoms with van der Waals surface area (Å²) in [5.74, 6) is 1.81. The lowest BCUT2D eigenvalue weighted by atomic mass is 9.85. The maximum atomic E-state index is 11.5. The number of benzene rings is 1. The largest absolute Gasteiger partial charge is 0.484 e. The number of nitrogens with one attached hydrogen (secondary N) is 1. The lowest BCUT2D eigenvalue weighted by molar-refractivity contribution is -0.130. The Morgan fingerprint density at radius 1 is 1.43 bits per heavy atom. The van der Waals surface area contributed by atoms with Crippen molar-refractivity contribution < 1.29 is 9.53 Å². The van der Waals surface area contributed by atoms with E-state index < -0.39 is 0 Å². The minimum atomic E-state index is -0.0714. The Hall–Kier alpha value is -2.24. The molecule has 1 aliphatic rings. The third-order valence-corrected chi connectivity index (χ3v) is 3.99. The van der Waals surface area contributed by atoms with Crippen molar-refractivity contribution in [1.29, 1.82) is 0 Å². The van der Waals surface area contributed by atoms with E-state index in [-0.39, 0.29) is 12.5 Å². The first kappa shape index (κ1) is 17.1. The second-order valence-electron chi connectivity index (χ2n) is 6.10. The van der Waals surface area contributed by atoms with Gasteiger partial charge in [-0.05, 0) is 36.5 Å². The normalized spacial score (nSPS) is 15.0. The molecule has 6 nitrogen and oxygen atoms in total. The van der Waals surface area contributed by atoms with Crippen LogP contribution in [0.5, 0.6) is 5.75 Å². The second kappa shape index (κ2) is 8.41. The number of guanidine groups is 1. The third-order valence-electron chi connectivity index (χ3n) is 3.99. The molecule has 0 radical (unpaired) electrons. The molecular weight excluding hydrogens is 292 g/mol. The molecule has 1 aliphatic carbocycles. The van der Waals surface area contributed by atoms with Crippen molar-refractivity contribution in [3.63, 3.8) is 0 Å². The average Bonchev–Trinajstić information content (AvgIpc) is 2.49. The predicted molar refractivity (Wildman–Crippen MR) is 91.3 cm³/mol. The molecule has 3 N–H and O–H groups in total. The van der Waals surface area contributed by atoms with Crippen molar-refractivity contribution >= 4 is 11.9 Å². The zero-order chi connectivity index (χ0) is 16.7. The quantitative estimate of drug-likeness (QED) is 0.587. The van der Waals surface area contributed by atoms with Crippen molar-refractivity contribution in [3.05, 3.63) is 29.8 Å². The molecular formula is C17H26N4O2. The smallest absolute Gasteiger partial charge is 0.259 e. The van der Waals surface area contributed by atoms with Crippen LogP contribution in [0.2, 0.25) is 0 Å². The van der Waals surface area contributed by atoms with Gasteiger partial charge in [-0.3, -0.25) is 4.79 Å². The zero-order valence-corrected chi connectivity index (χ0v) is 13.9. The summed E-state index contributed by atoms with van der Waals surface area (Å²) in [6.07, 6.45) is 3.89. The lowest BCUT2D eigenvalue weighted by Crippen LogP contribution is -2.37. The van der Waals surface area contributed by atoms with Crippen LogP contribution in [-0.2, 0) is 11.3 Å². The number of rotatable bonds is 7. The minimum absolute atomic E-state index is 0.0325. The van der Waals surface area contributed by atoms with Crippen molar-refractivity contribution in [2.75, 3.05) is 27.2 Å². The fourth-order valence-electron chi connectivity index (χ4n) is 2.19. The highest BCUT2D eigenvalue weighted by molar-refractivity contribution is 5.78. The first-order valence-electron chi connectivity index (χ1n) is 8.00. The van der Waals surface area contributed by atoms with Gasteiger partial charge in [-0.2, -0.15) is 0 Å². The summed E-state index contributed by atoms with van der Waals surface area (Å²) in [4.78, 5) is 17.4. The van der Waals surface area contributed by atoms with E-state index in [4.69, 9.17) is 10.5 Å². The molecule has 0 bridgehead atoms. The highest BCUT2D eigenvalue weighted by Crippen LogP contribution is 2.25. The zero-order valence-electron chi connectivity index (χ0n) is 13.9. The average molecular weight is 318 g/mol. The SMILES string of the molecule is CN(C)C(=O)COc1cccc(CN=C(N)NCC2CCC2)c1. The van der Waals surface area contributed by atoms with Crippen LogP contribution in [0.4, 0.5) is 0 Å². The fraction of sp³-hybridized carbons (Fsp3) is 0.529. The summed E-state index contributed by atoms with van der Waals surface area (Å²) in [5, 5.41) is 3.17. The van der Waals surface area contributed by atoms with Crippen LogP contribution in [0.1, 0.15) is 24.8 Å². The molecule has 23 heavy (non-hydrogen) atoms. The van der Waals surface area contributed by atoms with Gasteiger partial charge in [0.25, 0.3) is 5.91 Å². The number of nitrogens with zero attached hydrogens (tertiary/aromatic N) is 2. The standard InChI is InChI=1S/C17H26N4O2/c1-21(2)16(22)12-23-15-8-4-7-14(9-15)11-20-17(18)19-10-13-5-3-6-13/h4,7-9,13H,3,5-6,10-12H2,1-2H3,(H3,18,19,20). The van der Waals surface area contributed by atoms with E-state index >= 15 is 0 Å². The first-order valence-corrected chi connectivity index (χ1v) is 8.00. The summed E-state index contributed by atoms with van der Waals surface area (Å²) in [5.41, 5.74) is 6.87. The van der Waals surface area contributed by atoms with Gasteiger partial charge in [0.1, 0.15) is 5.75 Å². The molecule has 0 heterocycles. The van der Waals surface area contributed by atoms with E-state index in [0.717, 1.165) is 18.0 Å². The molecule has 0 spiro atoms. The summed E-state index contributed by atoms with van der Waals surface area (Å²) < 4.78 is 5.49. The number of likely N-dealkylation sites (N-methyl/N-ethyl adjacent to an activating group) is 1. The van der Waals surface area contributed by atoms with Crippen molar-refractivity contribution in [1.82, 2.24) is 10.2 Å². The number of carbonyl (C=O) groups excluding carboxylic acids is 1. The lowest BCUT2D eigenvalue weighted by Gasteiger charge is -2.25. The Bertz CT molecular complexity index is 553. The van der Waals surface area contributed by atoms with E-state index in [2.05, 4.69) is 10.3 Å². The Kier molecular flexibility index (Phi) is 6.26. The van der Waals surface area contributed by atoms with Gasteiger partial charge in [0.15, 0.2) is 12.6 Å². The number of aliphatic imine (C=N–C) groups is 1. The van der Waals surface area contributed by atoms with E-state index in [0.29, 0.717) is 18.3 Å². The van der Waals surface area contributed by atoms with Crippen LogP contribution >= 0.6 is 0 Å². The molecule has 0 unspecified atom stereocenters. The molecule has 1 amide bonds. The molecule has 0 aromatic heterocycles. The highest BCUT2D eigenvalue weighted by Gasteiger charge is 2.16. The van der Waals surface area contributed by atoms with E-state index in [1.54, 1.807) is 14.1 Å². The van der Waals surface area contributed by atoms with Crippen LogP contribution in [-0.4, -0.2) is 44.0 Å². The van der Waals surface area contributed by atoms with Gasteiger partial charge in [0, 0.05) is 20.6 Å². The topological polar surface area (TPSA) is 80.0 Å². The Balaban J connectivity index is 1.80. The van der Waals surface area contributed by atoms with Crippen molar-refractivity contribution in [3.8, 4) is 5.75 Å². The second-order valence-corrected chi connectivity index (χ2v) is 6.10. The molecule has 126 valence electrons. The predicted octanol–water partition coefficient (Wildman–Crippen LogP) is 1.36. The maximum absolute atomic E-state index is 11.5. The van der Waals surface area contributed by atoms with E-state index in [9.17, 15) is 4.79 Å². The fourth-order valence-corrected chi connectivity index (χ4v) is 2.19. The summed E-state index contributed by atoms with van der Waals surface area (Å²) >= 11 is 0. The first-order chi connectivity index (χ1) is 11.0. The molecule has 2 rings (SSSR count). The number of nitrogens with two attached hydrogens (primary N) is 1. The minimum Gasteiger partial charge on any atom is -0.484 e. The summed E-state index contributed by atoms with van der Waals surface area (Å²) in [7, 11) is 3.41. The number of hydrogen-bond acceptors (Lipinski definition) is 3. The van der Waals surface area contributed by atoms with Crippen LogP contribution in [0.25, 0.3) is 0 Å². The monoisotopic (exact) mass is 318 g/mol. The van der Waals surface area contributed by atoms with Gasteiger partial charge in [-0.15, -0.1) is 0 Å². The maximum Gasteiger partial charge on any atom is 0.259 e. The Labute approximate surface area is 137 Å². The van der Waals surface area contributed by atoms with E-state index in [1.807, 2.05) is 24.3 Å². The van der Waals surface area contributed by atoms with Crippen LogP contribution in [0, 0.1) is 5.92 Å². The highest BCUT2D eigenvalue weighted by atomic mass is 16.5.